The highest BCUT2D eigenvalue weighted by molar-refractivity contribution is 6.30. The first kappa shape index (κ1) is 87.0. The maximum atomic E-state index is 13.6. The van der Waals surface area contributed by atoms with Gasteiger partial charge in [-0.3, -0.25) is 43.7 Å². The number of benzene rings is 5. The van der Waals surface area contributed by atoms with Crippen molar-refractivity contribution in [3.8, 4) is 0 Å². The Morgan fingerprint density at radius 3 is 1.08 bits per heavy atom. The number of urea groups is 1. The zero-order valence-corrected chi connectivity index (χ0v) is 68.2. The fourth-order valence-electron chi connectivity index (χ4n) is 17.4. The third-order valence-electron chi connectivity index (χ3n) is 24.0. The normalized spacial score (nSPS) is 20.7. The summed E-state index contributed by atoms with van der Waals surface area (Å²) in [6.07, 6.45) is -0.384. The number of likely N-dealkylation sites (tertiary alicyclic amines) is 3. The fraction of sp³-hybridized carbons (Fsp3) is 0.539. The Bertz CT molecular complexity index is 3890. The maximum absolute atomic E-state index is 13.6. The van der Waals surface area contributed by atoms with Gasteiger partial charge in [0.25, 0.3) is 0 Å². The first-order valence-electron chi connectivity index (χ1n) is 40.3. The van der Waals surface area contributed by atoms with Crippen molar-refractivity contribution in [3.05, 3.63) is 208 Å². The standard InChI is InChI=1S/2C31H40F3N3O2.C27H36ClN5O2/c2*1-22(38)35-16-14-23(15-17-35)20-28(39)37-19-18-36(21-27(37)30(2,3)4)29(24-8-6-5-7-9-24)25-10-12-26(13-11-25)31(32,33)34;1-19(2)24-18-32(26(23-5-3-4-12-30-23)21-6-8-22(28)9-7-21)15-16-33(24)25(34)17-20-10-13-31(14-11-20)27(29)35/h2*5-13,23,27,29H,14-21H2,1-4H3;3-9,12,19-20,24,26H,10-11,13-18H2,1-2H3,(H2,29,35)/t2*27-,29?;24-,26?/m111/s1. The minimum Gasteiger partial charge on any atom is -0.351 e. The zero-order valence-electron chi connectivity index (χ0n) is 67.4. The van der Waals surface area contributed by atoms with Gasteiger partial charge in [-0.1, -0.05) is 170 Å². The monoisotopic (exact) mass is 1580 g/mol. The summed E-state index contributed by atoms with van der Waals surface area (Å²) in [5.74, 6) is 1.89. The van der Waals surface area contributed by atoms with Gasteiger partial charge in [0.1, 0.15) is 0 Å². The summed E-state index contributed by atoms with van der Waals surface area (Å²) in [6.45, 7) is 30.4. The molecule has 6 aromatic rings. The van der Waals surface area contributed by atoms with Crippen LogP contribution in [0.25, 0.3) is 0 Å². The van der Waals surface area contributed by atoms with Crippen LogP contribution in [-0.4, -0.2) is 201 Å². The van der Waals surface area contributed by atoms with Gasteiger partial charge in [-0.15, -0.1) is 0 Å². The number of halogens is 7. The second-order valence-corrected chi connectivity index (χ2v) is 34.6. The predicted octanol–water partition coefficient (Wildman–Crippen LogP) is 16.2. The Labute approximate surface area is 669 Å². The van der Waals surface area contributed by atoms with Crippen LogP contribution in [0.5, 0.6) is 0 Å². The number of pyridine rings is 1. The highest BCUT2D eigenvalue weighted by Crippen LogP contribution is 2.42. The highest BCUT2D eigenvalue weighted by Gasteiger charge is 2.45. The molecular formula is C89H116ClF6N11O6. The molecule has 17 nitrogen and oxygen atoms in total. The Kier molecular flexibility index (Phi) is 29.6. The molecule has 12 rings (SSSR count). The lowest BCUT2D eigenvalue weighted by Crippen LogP contribution is -2.60. The van der Waals surface area contributed by atoms with Crippen molar-refractivity contribution in [1.82, 2.24) is 49.1 Å². The van der Waals surface area contributed by atoms with Crippen molar-refractivity contribution in [2.45, 2.75) is 176 Å². The molecule has 3 unspecified atom stereocenters. The molecule has 0 radical (unpaired) electrons. The fourth-order valence-corrected chi connectivity index (χ4v) is 17.5. The molecular weight excluding hydrogens is 1470 g/mol. The van der Waals surface area contributed by atoms with Crippen molar-refractivity contribution >= 4 is 47.2 Å². The van der Waals surface area contributed by atoms with Crippen molar-refractivity contribution < 1.29 is 55.1 Å². The van der Waals surface area contributed by atoms with Crippen LogP contribution in [0.1, 0.15) is 190 Å². The third kappa shape index (κ3) is 23.2. The van der Waals surface area contributed by atoms with Crippen LogP contribution in [0.4, 0.5) is 31.1 Å². The number of piperazine rings is 3. The summed E-state index contributed by atoms with van der Waals surface area (Å²) in [4.78, 5) is 98.7. The van der Waals surface area contributed by atoms with Crippen LogP contribution >= 0.6 is 11.6 Å². The Hall–Kier alpha value is -8.38. The van der Waals surface area contributed by atoms with Gasteiger partial charge in [0.2, 0.25) is 29.5 Å². The van der Waals surface area contributed by atoms with Gasteiger partial charge in [-0.05, 0) is 149 Å². The van der Waals surface area contributed by atoms with Gasteiger partial charge in [0, 0.05) is 161 Å². The summed E-state index contributed by atoms with van der Waals surface area (Å²) >= 11 is 6.17. The van der Waals surface area contributed by atoms with Gasteiger partial charge >= 0.3 is 18.4 Å². The van der Waals surface area contributed by atoms with E-state index in [4.69, 9.17) is 17.3 Å². The molecule has 6 aliphatic heterocycles. The topological polar surface area (TPSA) is 170 Å². The number of nitrogens with zero attached hydrogens (tertiary/aromatic N) is 10. The van der Waals surface area contributed by atoms with E-state index in [0.717, 1.165) is 109 Å². The van der Waals surface area contributed by atoms with Gasteiger partial charge in [-0.2, -0.15) is 26.3 Å². The van der Waals surface area contributed by atoms with E-state index >= 15 is 0 Å². The van der Waals surface area contributed by atoms with Crippen molar-refractivity contribution in [2.75, 3.05) is 98.2 Å². The molecule has 0 spiro atoms. The largest absolute Gasteiger partial charge is 0.416 e. The van der Waals surface area contributed by atoms with Crippen LogP contribution in [-0.2, 0) is 36.3 Å². The minimum absolute atomic E-state index is 0.00472. The van der Waals surface area contributed by atoms with Crippen molar-refractivity contribution in [2.24, 2.45) is 40.2 Å². The Balaban J connectivity index is 0.000000180. The number of carbonyl (C=O) groups is 6. The molecule has 0 saturated carbocycles. The summed E-state index contributed by atoms with van der Waals surface area (Å²) in [5.41, 5.74) is 9.51. The van der Waals surface area contributed by atoms with Gasteiger partial charge in [0.15, 0.2) is 0 Å². The van der Waals surface area contributed by atoms with Crippen LogP contribution in [0.15, 0.2) is 158 Å². The average molecular weight is 1590 g/mol. The average Bonchev–Trinajstić information content (AvgIpc) is 0.782. The number of primary amides is 1. The highest BCUT2D eigenvalue weighted by atomic mass is 35.5. The molecule has 24 heteroatoms. The number of nitrogens with two attached hydrogens (primary N) is 1. The van der Waals surface area contributed by atoms with E-state index < -0.39 is 23.5 Å². The number of alkyl halides is 6. The second-order valence-electron chi connectivity index (χ2n) is 34.2. The first-order valence-corrected chi connectivity index (χ1v) is 40.7. The molecule has 7 amide bonds. The Morgan fingerprint density at radius 2 is 0.743 bits per heavy atom. The Morgan fingerprint density at radius 1 is 0.416 bits per heavy atom. The molecule has 113 heavy (non-hydrogen) atoms. The number of piperidine rings is 3. The van der Waals surface area contributed by atoms with E-state index in [1.165, 1.54) is 0 Å². The molecule has 0 bridgehead atoms. The molecule has 1 aromatic heterocycles. The summed E-state index contributed by atoms with van der Waals surface area (Å²) in [5, 5.41) is 0.714. The number of amides is 7. The van der Waals surface area contributed by atoms with Gasteiger partial charge < -0.3 is 35.1 Å². The first-order chi connectivity index (χ1) is 53.5. The van der Waals surface area contributed by atoms with Gasteiger partial charge in [-0.25, -0.2) is 4.79 Å². The van der Waals surface area contributed by atoms with Crippen molar-refractivity contribution in [1.29, 1.82) is 0 Å². The number of hydrogen-bond donors (Lipinski definition) is 1. The van der Waals surface area contributed by atoms with Crippen LogP contribution in [0, 0.1) is 34.5 Å². The number of carbonyl (C=O) groups excluding carboxylic acids is 6. The van der Waals surface area contributed by atoms with Gasteiger partial charge in [0.05, 0.1) is 34.9 Å². The lowest BCUT2D eigenvalue weighted by molar-refractivity contribution is -0.142. The smallest absolute Gasteiger partial charge is 0.351 e. The molecule has 7 heterocycles. The lowest BCUT2D eigenvalue weighted by Gasteiger charge is -2.50. The summed E-state index contributed by atoms with van der Waals surface area (Å²) in [6, 6.07) is 43.9. The molecule has 0 aliphatic carbocycles. The SMILES string of the molecule is CC(=O)N1CCC(CC(=O)N2CCN(C(c3ccccc3)c3ccc(C(F)(F)F)cc3)C[C@@H]2C(C)(C)C)CC1.CC(=O)N1CCC(CC(=O)N2CCN(C(c3ccccc3)c3ccc(C(F)(F)F)cc3)C[C@@H]2C(C)(C)C)CC1.CC(C)[C@H]1CN(C(c2ccc(Cl)cc2)c2ccccn2)CCN1C(=O)CC1CCN(C(N)=O)CC1. The second kappa shape index (κ2) is 38.4. The number of aromatic nitrogens is 1. The molecule has 5 aromatic carbocycles. The maximum Gasteiger partial charge on any atom is 0.416 e. The molecule has 612 valence electrons. The lowest BCUT2D eigenvalue weighted by atomic mass is 9.82. The van der Waals surface area contributed by atoms with E-state index in [-0.39, 0.29) is 94.5 Å². The third-order valence-corrected chi connectivity index (χ3v) is 24.3. The molecule has 6 atom stereocenters. The predicted molar refractivity (Wildman–Crippen MR) is 430 cm³/mol. The van der Waals surface area contributed by atoms with Crippen LogP contribution in [0.3, 0.4) is 0 Å². The van der Waals surface area contributed by atoms with Crippen LogP contribution in [0.2, 0.25) is 5.02 Å². The molecule has 6 saturated heterocycles. The van der Waals surface area contributed by atoms with E-state index in [0.29, 0.717) is 121 Å². The quantitative estimate of drug-likeness (QED) is 0.0920. The summed E-state index contributed by atoms with van der Waals surface area (Å²) < 4.78 is 79.5. The molecule has 6 fully saturated rings. The van der Waals surface area contributed by atoms with E-state index in [2.05, 4.69) is 98.2 Å². The molecule has 6 aliphatic rings. The summed E-state index contributed by atoms with van der Waals surface area (Å²) in [7, 11) is 0. The minimum atomic E-state index is -4.38. The van der Waals surface area contributed by atoms with E-state index in [1.54, 1.807) is 43.0 Å². The van der Waals surface area contributed by atoms with Crippen molar-refractivity contribution in [3.63, 3.8) is 0 Å². The molecule has 2 N–H and O–H groups in total. The van der Waals surface area contributed by atoms with E-state index in [9.17, 15) is 55.1 Å². The number of rotatable bonds is 16. The van der Waals surface area contributed by atoms with Crippen LogP contribution < -0.4 is 5.73 Å². The van der Waals surface area contributed by atoms with E-state index in [1.807, 2.05) is 111 Å². The zero-order chi connectivity index (χ0) is 81.7. The number of hydrogen-bond acceptors (Lipinski definition) is 10.